The van der Waals surface area contributed by atoms with Crippen LogP contribution in [-0.2, 0) is 65.0 Å². The summed E-state index contributed by atoms with van der Waals surface area (Å²) < 4.78 is 0. The van der Waals surface area contributed by atoms with Gasteiger partial charge in [-0.15, -0.1) is 0 Å². The molecule has 0 aromatic heterocycles. The topological polar surface area (TPSA) is 13.0 Å². The first-order valence-electron chi connectivity index (χ1n) is 52.0. The van der Waals surface area contributed by atoms with Crippen LogP contribution in [0.2, 0.25) is 0 Å². The van der Waals surface area contributed by atoms with Crippen molar-refractivity contribution in [3.05, 3.63) is 356 Å². The van der Waals surface area contributed by atoms with E-state index in [-0.39, 0.29) is 73.0 Å². The molecule has 0 fully saturated rings. The van der Waals surface area contributed by atoms with Crippen LogP contribution in [0.5, 0.6) is 0 Å². The molecule has 8 aliphatic rings. The van der Waals surface area contributed by atoms with Gasteiger partial charge in [0.1, 0.15) is 0 Å². The molecule has 698 valence electrons. The molecule has 0 N–H and O–H groups in total. The van der Waals surface area contributed by atoms with Crippen LogP contribution in [0.25, 0.3) is 33.4 Å². The van der Waals surface area contributed by atoms with Gasteiger partial charge in [-0.1, -0.05) is 344 Å². The van der Waals surface area contributed by atoms with Crippen molar-refractivity contribution in [2.24, 2.45) is 0 Å². The van der Waals surface area contributed by atoms with Gasteiger partial charge < -0.3 is 19.6 Å². The molecule has 4 heterocycles. The van der Waals surface area contributed by atoms with E-state index < -0.39 is 5.41 Å². The van der Waals surface area contributed by atoms with E-state index in [1.807, 2.05) is 0 Å². The number of rotatable bonds is 11. The third kappa shape index (κ3) is 14.4. The van der Waals surface area contributed by atoms with Crippen LogP contribution in [0.4, 0.5) is 68.2 Å². The maximum atomic E-state index is 2.74. The highest BCUT2D eigenvalue weighted by Gasteiger charge is 2.52. The predicted molar refractivity (Wildman–Crippen MR) is 596 cm³/mol. The zero-order chi connectivity index (χ0) is 97.3. The Labute approximate surface area is 827 Å². The SMILES string of the molecule is Cc1cc2c3c(c1)N(c1ccc(C(C)(C)C)cc1-c1ccccc1)c1ccc(C(C)(C)c4ccc(-c5cccc(-c6cc(C(C)(C)C)ccc6N6c7cc(C(C)(C)c8ccccc8)ccc7B7c8cc9c(cc8N(c8ccc%10c(c8)C(C)(C)CCC%10(C)C)c8cc(C)cc6c87)C(C)(C)CCC9(C)C)c5)cc4)cc1B3c1cc3c(cc1N2c1ccc2c(c1)C(C)(C)CCC2(C)C)C(C)(C)CCC3(C)C. The van der Waals surface area contributed by atoms with Crippen LogP contribution < -0.4 is 52.4 Å². The van der Waals surface area contributed by atoms with Crippen LogP contribution in [0.15, 0.2) is 267 Å². The minimum absolute atomic E-state index is 0.00861. The molecule has 6 heteroatoms. The highest BCUT2D eigenvalue weighted by Crippen LogP contribution is 2.59. The second-order valence-corrected chi connectivity index (χ2v) is 51.7. The Hall–Kier alpha value is -11.6. The summed E-state index contributed by atoms with van der Waals surface area (Å²) in [6.07, 6.45) is 9.19. The van der Waals surface area contributed by atoms with E-state index >= 15 is 0 Å². The molecule has 4 aliphatic heterocycles. The number of hydrogen-bond donors (Lipinski definition) is 0. The monoisotopic (exact) mass is 1810 g/mol. The molecule has 0 atom stereocenters. The van der Waals surface area contributed by atoms with Crippen molar-refractivity contribution in [2.45, 2.75) is 310 Å². The molecule has 22 rings (SSSR count). The number of hydrogen-bond acceptors (Lipinski definition) is 4. The zero-order valence-electron chi connectivity index (χ0n) is 88.0. The second kappa shape index (κ2) is 31.0. The maximum absolute atomic E-state index is 2.74. The number of nitrogens with zero attached hydrogens (tertiary/aromatic N) is 4. The van der Waals surface area contributed by atoms with Crippen LogP contribution >= 0.6 is 0 Å². The highest BCUT2D eigenvalue weighted by molar-refractivity contribution is 7.01. The summed E-state index contributed by atoms with van der Waals surface area (Å²) >= 11 is 0. The van der Waals surface area contributed by atoms with Gasteiger partial charge in [0.25, 0.3) is 13.4 Å². The van der Waals surface area contributed by atoms with E-state index in [2.05, 4.69) is 480 Å². The van der Waals surface area contributed by atoms with Crippen LogP contribution in [0, 0.1) is 13.8 Å². The fourth-order valence-electron chi connectivity index (χ4n) is 26.3. The number of fused-ring (bicyclic) bond motifs is 12. The highest BCUT2D eigenvalue weighted by atomic mass is 15.2. The minimum Gasteiger partial charge on any atom is -0.311 e. The second-order valence-electron chi connectivity index (χ2n) is 51.7. The van der Waals surface area contributed by atoms with E-state index in [1.54, 1.807) is 0 Å². The van der Waals surface area contributed by atoms with Crippen LogP contribution in [-0.4, -0.2) is 13.4 Å². The number of benzene rings is 14. The molecule has 4 aliphatic carbocycles. The molecule has 0 unspecified atom stereocenters. The van der Waals surface area contributed by atoms with Gasteiger partial charge in [-0.05, 0) is 367 Å². The fraction of sp³-hybridized carbons (Fsp3) is 0.364. The van der Waals surface area contributed by atoms with Gasteiger partial charge in [0.05, 0.1) is 11.4 Å². The molecule has 0 spiro atoms. The largest absolute Gasteiger partial charge is 0.311 e. The Morgan fingerprint density at radius 1 is 0.210 bits per heavy atom. The average molecular weight is 1810 g/mol. The lowest BCUT2D eigenvalue weighted by molar-refractivity contribution is 0.332. The maximum Gasteiger partial charge on any atom is 0.252 e. The molecular formula is C132H144B2N4. The lowest BCUT2D eigenvalue weighted by Crippen LogP contribution is -2.62. The Balaban J connectivity index is 0.706. The Morgan fingerprint density at radius 3 is 0.986 bits per heavy atom. The van der Waals surface area contributed by atoms with Gasteiger partial charge >= 0.3 is 0 Å². The summed E-state index contributed by atoms with van der Waals surface area (Å²) in [5.41, 5.74) is 51.6. The number of anilines is 12. The third-order valence-corrected chi connectivity index (χ3v) is 35.9. The average Bonchev–Trinajstić information content (AvgIpc) is 0.686. The molecule has 0 saturated heterocycles. The first-order valence-corrected chi connectivity index (χ1v) is 52.0. The van der Waals surface area contributed by atoms with E-state index in [0.717, 1.165) is 38.5 Å². The summed E-state index contributed by atoms with van der Waals surface area (Å²) in [4.78, 5) is 10.9. The van der Waals surface area contributed by atoms with Crippen molar-refractivity contribution in [3.63, 3.8) is 0 Å². The normalized spacial score (nSPS) is 18.3. The van der Waals surface area contributed by atoms with Gasteiger partial charge in [-0.25, -0.2) is 0 Å². The molecule has 14 aromatic rings. The van der Waals surface area contributed by atoms with Gasteiger partial charge in [0.2, 0.25) is 0 Å². The molecule has 0 amide bonds. The lowest BCUT2D eigenvalue weighted by atomic mass is 9.33. The zero-order valence-corrected chi connectivity index (χ0v) is 88.0. The van der Waals surface area contributed by atoms with Crippen LogP contribution in [0.3, 0.4) is 0 Å². The summed E-state index contributed by atoms with van der Waals surface area (Å²) in [5.74, 6) is 0. The molecule has 14 aromatic carbocycles. The molecular weight excluding hydrogens is 1660 g/mol. The van der Waals surface area contributed by atoms with Gasteiger partial charge in [-0.3, -0.25) is 0 Å². The van der Waals surface area contributed by atoms with Crippen LogP contribution in [0.1, 0.15) is 320 Å². The predicted octanol–water partition coefficient (Wildman–Crippen LogP) is 32.1. The van der Waals surface area contributed by atoms with E-state index in [9.17, 15) is 0 Å². The van der Waals surface area contributed by atoms with Crippen molar-refractivity contribution in [1.29, 1.82) is 0 Å². The van der Waals surface area contributed by atoms with Crippen molar-refractivity contribution in [2.75, 3.05) is 19.6 Å². The van der Waals surface area contributed by atoms with Gasteiger partial charge in [0.15, 0.2) is 0 Å². The minimum atomic E-state index is -0.437. The van der Waals surface area contributed by atoms with Gasteiger partial charge in [0, 0.05) is 78.8 Å². The molecule has 138 heavy (non-hydrogen) atoms. The summed E-state index contributed by atoms with van der Waals surface area (Å²) in [5, 5.41) is 0. The standard InChI is InChI=1S/C132H144B2N4/c1-81-67-116-120-117(68-81)137(109-55-47-89(121(3,4)5)71-95(109)84-36-31-29-32-37-84)111-57-49-91(73-106(111)134(120)108-78-102-104(130(23,24)65-63-128(102,19)20)80-114(108)136(116)94-51-53-98-100(76-94)126(15,16)61-59-124(98,11)12)132(27,28)88-44-42-83(43-45-88)85-38-35-39-86(70-85)96-72-90(122(6,7)8)48-56-110(96)138-112-74-92(131(25,26)87-40-33-30-34-41-87)46-54-105(112)133-107-77-101-103(129(21,22)64-62-127(101,17)18)79-113(107)135(115-66-82(2)69-118(138)119(115)133)93-50-52-97-99(75-93)125(13,14)60-58-123(97,9)10/h29-57,66-80H,58-65H2,1-28H3. The fourth-order valence-corrected chi connectivity index (χ4v) is 26.3. The van der Waals surface area contributed by atoms with Crippen molar-refractivity contribution in [3.8, 4) is 33.4 Å². The quantitative estimate of drug-likeness (QED) is 0.120. The lowest BCUT2D eigenvalue weighted by Gasteiger charge is -2.48. The molecule has 4 nitrogen and oxygen atoms in total. The Kier molecular flexibility index (Phi) is 20.5. The molecule has 0 radical (unpaired) electrons. The molecule has 0 bridgehead atoms. The smallest absolute Gasteiger partial charge is 0.252 e. The Morgan fingerprint density at radius 2 is 0.536 bits per heavy atom. The third-order valence-electron chi connectivity index (χ3n) is 35.9. The summed E-state index contributed by atoms with van der Waals surface area (Å²) in [7, 11) is 0. The first kappa shape index (κ1) is 91.5. The molecule has 0 saturated carbocycles. The van der Waals surface area contributed by atoms with Gasteiger partial charge in [-0.2, -0.15) is 0 Å². The summed E-state index contributed by atoms with van der Waals surface area (Å²) in [6, 6.07) is 108. The summed E-state index contributed by atoms with van der Waals surface area (Å²) in [6.45, 7) is 68.5. The van der Waals surface area contributed by atoms with Crippen molar-refractivity contribution < 1.29 is 0 Å². The van der Waals surface area contributed by atoms with E-state index in [1.165, 1.54) is 236 Å². The Bertz CT molecular complexity index is 7390. The van der Waals surface area contributed by atoms with Crippen molar-refractivity contribution in [1.82, 2.24) is 0 Å². The van der Waals surface area contributed by atoms with E-state index in [4.69, 9.17) is 0 Å². The first-order chi connectivity index (χ1) is 64.9. The van der Waals surface area contributed by atoms with E-state index in [0.29, 0.717) is 0 Å². The number of aryl methyl sites for hydroxylation is 2. The van der Waals surface area contributed by atoms with Crippen molar-refractivity contribution >= 4 is 114 Å².